The van der Waals surface area contributed by atoms with Crippen molar-refractivity contribution in [1.82, 2.24) is 5.32 Å². The van der Waals surface area contributed by atoms with Crippen molar-refractivity contribution in [2.24, 2.45) is 0 Å². The number of ether oxygens (including phenoxy) is 2. The van der Waals surface area contributed by atoms with E-state index in [0.717, 1.165) is 26.2 Å². The molecule has 0 fully saturated rings. The first-order valence-electron chi connectivity index (χ1n) is 8.92. The first-order chi connectivity index (χ1) is 13.6. The Morgan fingerprint density at radius 1 is 0.929 bits per heavy atom. The SMILES string of the molecule is COc1ccc(CC(NC(=O)c2cccc(I)c2)c2ccc(OC)cc2)cc1. The van der Waals surface area contributed by atoms with E-state index in [2.05, 4.69) is 27.9 Å². The molecule has 1 amide bonds. The van der Waals surface area contributed by atoms with Gasteiger partial charge in [0.2, 0.25) is 0 Å². The summed E-state index contributed by atoms with van der Waals surface area (Å²) in [5.74, 6) is 1.51. The molecule has 0 aliphatic carbocycles. The van der Waals surface area contributed by atoms with E-state index in [1.807, 2.05) is 72.8 Å². The Labute approximate surface area is 179 Å². The fourth-order valence-electron chi connectivity index (χ4n) is 2.96. The highest BCUT2D eigenvalue weighted by Gasteiger charge is 2.17. The molecule has 144 valence electrons. The maximum Gasteiger partial charge on any atom is 0.251 e. The standard InChI is InChI=1S/C23H22INO3/c1-27-20-10-6-16(7-11-20)14-22(17-8-12-21(28-2)13-9-17)25-23(26)18-4-3-5-19(24)15-18/h3-13,15,22H,14H2,1-2H3,(H,25,26). The second kappa shape index (κ2) is 9.59. The molecule has 1 N–H and O–H groups in total. The Morgan fingerprint density at radius 2 is 1.54 bits per heavy atom. The molecule has 4 nitrogen and oxygen atoms in total. The molecule has 0 radical (unpaired) electrons. The van der Waals surface area contributed by atoms with E-state index < -0.39 is 0 Å². The largest absolute Gasteiger partial charge is 0.497 e. The Morgan fingerprint density at radius 3 is 2.11 bits per heavy atom. The molecule has 0 saturated carbocycles. The van der Waals surface area contributed by atoms with Crippen LogP contribution in [0.1, 0.15) is 27.5 Å². The van der Waals surface area contributed by atoms with Crippen LogP contribution in [0.15, 0.2) is 72.8 Å². The average Bonchev–Trinajstić information content (AvgIpc) is 2.74. The van der Waals surface area contributed by atoms with E-state index in [1.54, 1.807) is 14.2 Å². The Hall–Kier alpha value is -2.54. The van der Waals surface area contributed by atoms with Crippen molar-refractivity contribution in [1.29, 1.82) is 0 Å². The van der Waals surface area contributed by atoms with Gasteiger partial charge in [0.1, 0.15) is 11.5 Å². The summed E-state index contributed by atoms with van der Waals surface area (Å²) in [5.41, 5.74) is 2.79. The lowest BCUT2D eigenvalue weighted by Crippen LogP contribution is -2.30. The summed E-state index contributed by atoms with van der Waals surface area (Å²) >= 11 is 2.21. The van der Waals surface area contributed by atoms with Crippen molar-refractivity contribution in [2.45, 2.75) is 12.5 Å². The van der Waals surface area contributed by atoms with Gasteiger partial charge in [-0.2, -0.15) is 0 Å². The number of nitrogens with one attached hydrogen (secondary N) is 1. The number of hydrogen-bond acceptors (Lipinski definition) is 3. The zero-order valence-electron chi connectivity index (χ0n) is 15.8. The predicted octanol–water partition coefficient (Wildman–Crippen LogP) is 5.02. The quantitative estimate of drug-likeness (QED) is 0.476. The molecule has 0 aromatic heterocycles. The van der Waals surface area contributed by atoms with Crippen LogP contribution in [0, 0.1) is 3.57 Å². The van der Waals surface area contributed by atoms with Gasteiger partial charge in [-0.15, -0.1) is 0 Å². The molecule has 0 heterocycles. The van der Waals surface area contributed by atoms with E-state index in [9.17, 15) is 4.79 Å². The van der Waals surface area contributed by atoms with Crippen LogP contribution in [-0.4, -0.2) is 20.1 Å². The van der Waals surface area contributed by atoms with Crippen LogP contribution in [0.2, 0.25) is 0 Å². The average molecular weight is 487 g/mol. The van der Waals surface area contributed by atoms with Gasteiger partial charge in [0.15, 0.2) is 0 Å². The summed E-state index contributed by atoms with van der Waals surface area (Å²) < 4.78 is 11.5. The van der Waals surface area contributed by atoms with Crippen molar-refractivity contribution < 1.29 is 14.3 Å². The Kier molecular flexibility index (Phi) is 6.92. The van der Waals surface area contributed by atoms with E-state index in [4.69, 9.17) is 9.47 Å². The van der Waals surface area contributed by atoms with E-state index in [1.165, 1.54) is 0 Å². The lowest BCUT2D eigenvalue weighted by molar-refractivity contribution is 0.0936. The molecule has 3 rings (SSSR count). The first-order valence-corrected chi connectivity index (χ1v) is 10.00. The molecular formula is C23H22INO3. The maximum atomic E-state index is 12.8. The molecule has 0 aliphatic rings. The lowest BCUT2D eigenvalue weighted by atomic mass is 9.98. The molecule has 0 saturated heterocycles. The van der Waals surface area contributed by atoms with Gasteiger partial charge in [-0.1, -0.05) is 30.3 Å². The highest BCUT2D eigenvalue weighted by molar-refractivity contribution is 14.1. The molecular weight excluding hydrogens is 465 g/mol. The van der Waals surface area contributed by atoms with Crippen LogP contribution < -0.4 is 14.8 Å². The van der Waals surface area contributed by atoms with Crippen molar-refractivity contribution in [3.63, 3.8) is 0 Å². The van der Waals surface area contributed by atoms with E-state index >= 15 is 0 Å². The van der Waals surface area contributed by atoms with E-state index in [-0.39, 0.29) is 11.9 Å². The smallest absolute Gasteiger partial charge is 0.251 e. The van der Waals surface area contributed by atoms with Crippen molar-refractivity contribution in [2.75, 3.05) is 14.2 Å². The number of benzene rings is 3. The fourth-order valence-corrected chi connectivity index (χ4v) is 3.50. The normalized spacial score (nSPS) is 11.5. The number of carbonyl (C=O) groups is 1. The summed E-state index contributed by atoms with van der Waals surface area (Å²) in [6.45, 7) is 0. The number of hydrogen-bond donors (Lipinski definition) is 1. The minimum atomic E-state index is -0.162. The highest BCUT2D eigenvalue weighted by atomic mass is 127. The van der Waals surface area contributed by atoms with Crippen molar-refractivity contribution >= 4 is 28.5 Å². The second-order valence-electron chi connectivity index (χ2n) is 6.36. The maximum absolute atomic E-state index is 12.8. The van der Waals surface area contributed by atoms with Gasteiger partial charge < -0.3 is 14.8 Å². The molecule has 3 aromatic rings. The molecule has 0 aliphatic heterocycles. The Balaban J connectivity index is 1.85. The monoisotopic (exact) mass is 487 g/mol. The lowest BCUT2D eigenvalue weighted by Gasteiger charge is -2.20. The summed E-state index contributed by atoms with van der Waals surface area (Å²) in [5, 5.41) is 3.18. The van der Waals surface area contributed by atoms with Crippen LogP contribution >= 0.6 is 22.6 Å². The molecule has 0 spiro atoms. The minimum Gasteiger partial charge on any atom is -0.497 e. The number of methoxy groups -OCH3 is 2. The number of amides is 1. The van der Waals surface area contributed by atoms with Crippen LogP contribution in [0.4, 0.5) is 0 Å². The molecule has 1 unspecified atom stereocenters. The fraction of sp³-hybridized carbons (Fsp3) is 0.174. The minimum absolute atomic E-state index is 0.0900. The van der Waals surface area contributed by atoms with Gasteiger partial charge in [-0.25, -0.2) is 0 Å². The van der Waals surface area contributed by atoms with Crippen LogP contribution in [0.25, 0.3) is 0 Å². The summed E-state index contributed by atoms with van der Waals surface area (Å²) in [6.07, 6.45) is 0.673. The number of carbonyl (C=O) groups excluding carboxylic acids is 1. The molecule has 28 heavy (non-hydrogen) atoms. The predicted molar refractivity (Wildman–Crippen MR) is 119 cm³/mol. The Bertz CT molecular complexity index is 923. The number of halogens is 1. The third-order valence-corrected chi connectivity index (χ3v) is 5.18. The molecule has 1 atom stereocenters. The third-order valence-electron chi connectivity index (χ3n) is 4.51. The van der Waals surface area contributed by atoms with Crippen LogP contribution in [-0.2, 0) is 6.42 Å². The van der Waals surface area contributed by atoms with Gasteiger partial charge in [0.25, 0.3) is 5.91 Å². The van der Waals surface area contributed by atoms with Gasteiger partial charge >= 0.3 is 0 Å². The molecule has 0 bridgehead atoms. The second-order valence-corrected chi connectivity index (χ2v) is 7.61. The highest BCUT2D eigenvalue weighted by Crippen LogP contribution is 2.23. The summed E-state index contributed by atoms with van der Waals surface area (Å²) in [6, 6.07) is 23.1. The van der Waals surface area contributed by atoms with Gasteiger partial charge in [-0.3, -0.25) is 4.79 Å². The van der Waals surface area contributed by atoms with Crippen molar-refractivity contribution in [3.05, 3.63) is 93.1 Å². The summed E-state index contributed by atoms with van der Waals surface area (Å²) in [7, 11) is 3.29. The van der Waals surface area contributed by atoms with Gasteiger partial charge in [-0.05, 0) is 82.6 Å². The topological polar surface area (TPSA) is 47.6 Å². The van der Waals surface area contributed by atoms with Gasteiger partial charge in [0, 0.05) is 9.13 Å². The van der Waals surface area contributed by atoms with Crippen molar-refractivity contribution in [3.8, 4) is 11.5 Å². The first kappa shape index (κ1) is 20.2. The van der Waals surface area contributed by atoms with Crippen LogP contribution in [0.5, 0.6) is 11.5 Å². The molecule has 5 heteroatoms. The summed E-state index contributed by atoms with van der Waals surface area (Å²) in [4.78, 5) is 12.8. The van der Waals surface area contributed by atoms with E-state index in [0.29, 0.717) is 12.0 Å². The third kappa shape index (κ3) is 5.25. The zero-order valence-corrected chi connectivity index (χ0v) is 18.0. The number of rotatable bonds is 7. The molecule has 3 aromatic carbocycles. The zero-order chi connectivity index (χ0) is 19.9. The van der Waals surface area contributed by atoms with Gasteiger partial charge in [0.05, 0.1) is 20.3 Å². The van der Waals surface area contributed by atoms with Crippen LogP contribution in [0.3, 0.4) is 0 Å².